The third kappa shape index (κ3) is 4.97. The van der Waals surface area contributed by atoms with Crippen LogP contribution in [0.2, 0.25) is 0 Å². The van der Waals surface area contributed by atoms with Gasteiger partial charge in [-0.05, 0) is 39.2 Å². The van der Waals surface area contributed by atoms with Crippen LogP contribution >= 0.6 is 0 Å². The summed E-state index contributed by atoms with van der Waals surface area (Å²) in [5.41, 5.74) is 0. The first kappa shape index (κ1) is 16.2. The lowest BCUT2D eigenvalue weighted by atomic mass is 10.0. The fourth-order valence-corrected chi connectivity index (χ4v) is 3.29. The summed E-state index contributed by atoms with van der Waals surface area (Å²) in [4.78, 5) is 27.0. The van der Waals surface area contributed by atoms with E-state index in [0.717, 1.165) is 19.5 Å². The molecule has 3 unspecified atom stereocenters. The van der Waals surface area contributed by atoms with Crippen molar-refractivity contribution in [3.05, 3.63) is 0 Å². The van der Waals surface area contributed by atoms with Gasteiger partial charge in [0.15, 0.2) is 0 Å². The van der Waals surface area contributed by atoms with Gasteiger partial charge >= 0.3 is 5.97 Å². The van der Waals surface area contributed by atoms with Gasteiger partial charge in [0, 0.05) is 26.1 Å². The Morgan fingerprint density at radius 3 is 2.48 bits per heavy atom. The average molecular weight is 298 g/mol. The number of carbonyl (C=O) groups is 2. The predicted molar refractivity (Wildman–Crippen MR) is 78.0 cm³/mol. The zero-order valence-corrected chi connectivity index (χ0v) is 13.0. The van der Waals surface area contributed by atoms with E-state index < -0.39 is 5.97 Å². The number of nitrogens with zero attached hydrogens (tertiary/aromatic N) is 2. The van der Waals surface area contributed by atoms with Crippen molar-refractivity contribution in [2.75, 3.05) is 32.7 Å². The van der Waals surface area contributed by atoms with Gasteiger partial charge in [0.1, 0.15) is 0 Å². The second-order valence-corrected chi connectivity index (χ2v) is 6.38. The molecule has 1 N–H and O–H groups in total. The summed E-state index contributed by atoms with van der Waals surface area (Å²) >= 11 is 0. The van der Waals surface area contributed by atoms with Crippen LogP contribution in [0.5, 0.6) is 0 Å². The minimum Gasteiger partial charge on any atom is -0.481 e. The molecule has 0 saturated carbocycles. The van der Waals surface area contributed by atoms with E-state index >= 15 is 0 Å². The number of amides is 1. The highest BCUT2D eigenvalue weighted by Crippen LogP contribution is 2.21. The number of morpholine rings is 1. The van der Waals surface area contributed by atoms with Crippen molar-refractivity contribution in [3.8, 4) is 0 Å². The summed E-state index contributed by atoms with van der Waals surface area (Å²) in [7, 11) is 0. The summed E-state index contributed by atoms with van der Waals surface area (Å²) in [5.74, 6) is -0.159. The molecule has 0 aliphatic carbocycles. The summed E-state index contributed by atoms with van der Waals surface area (Å²) in [6, 6.07) is 0. The minimum absolute atomic E-state index is 0.0968. The summed E-state index contributed by atoms with van der Waals surface area (Å²) in [5, 5.41) is 8.72. The molecule has 120 valence electrons. The third-order valence-corrected chi connectivity index (χ3v) is 4.27. The molecule has 0 spiro atoms. The van der Waals surface area contributed by atoms with Gasteiger partial charge in [-0.2, -0.15) is 0 Å². The van der Waals surface area contributed by atoms with E-state index in [9.17, 15) is 9.59 Å². The Balaban J connectivity index is 1.74. The van der Waals surface area contributed by atoms with Gasteiger partial charge in [0.05, 0.1) is 18.8 Å². The summed E-state index contributed by atoms with van der Waals surface area (Å²) < 4.78 is 5.64. The Labute approximate surface area is 126 Å². The molecular weight excluding hydrogens is 272 g/mol. The number of aliphatic carboxylic acids is 1. The summed E-state index contributed by atoms with van der Waals surface area (Å²) in [6.07, 6.45) is 2.13. The monoisotopic (exact) mass is 298 g/mol. The predicted octanol–water partition coefficient (Wildman–Crippen LogP) is 0.809. The van der Waals surface area contributed by atoms with E-state index in [1.54, 1.807) is 0 Å². The molecule has 2 aliphatic heterocycles. The van der Waals surface area contributed by atoms with Gasteiger partial charge in [-0.15, -0.1) is 0 Å². The second kappa shape index (κ2) is 7.22. The molecule has 1 amide bonds. The first-order valence-electron chi connectivity index (χ1n) is 7.81. The van der Waals surface area contributed by atoms with Crippen molar-refractivity contribution in [2.24, 2.45) is 5.92 Å². The maximum atomic E-state index is 12.4. The van der Waals surface area contributed by atoms with Crippen LogP contribution in [0, 0.1) is 5.92 Å². The minimum atomic E-state index is -0.735. The molecule has 0 aromatic heterocycles. The highest BCUT2D eigenvalue weighted by molar-refractivity contribution is 5.78. The number of likely N-dealkylation sites (tertiary alicyclic amines) is 1. The highest BCUT2D eigenvalue weighted by atomic mass is 16.5. The molecule has 0 aromatic carbocycles. The fourth-order valence-electron chi connectivity index (χ4n) is 3.29. The second-order valence-electron chi connectivity index (χ2n) is 6.38. The number of hydrogen-bond acceptors (Lipinski definition) is 4. The van der Waals surface area contributed by atoms with Crippen molar-refractivity contribution in [3.63, 3.8) is 0 Å². The first-order chi connectivity index (χ1) is 9.94. The maximum Gasteiger partial charge on any atom is 0.303 e. The molecule has 0 bridgehead atoms. The van der Waals surface area contributed by atoms with Gasteiger partial charge in [0.25, 0.3) is 0 Å². The quantitative estimate of drug-likeness (QED) is 0.813. The topological polar surface area (TPSA) is 70.1 Å². The van der Waals surface area contributed by atoms with E-state index in [2.05, 4.69) is 4.90 Å². The number of ether oxygens (including phenoxy) is 1. The molecule has 2 saturated heterocycles. The maximum absolute atomic E-state index is 12.4. The summed E-state index contributed by atoms with van der Waals surface area (Å²) in [6.45, 7) is 7.50. The number of carboxylic acids is 1. The van der Waals surface area contributed by atoms with Crippen LogP contribution in [0.15, 0.2) is 0 Å². The van der Waals surface area contributed by atoms with Crippen LogP contribution in [0.25, 0.3) is 0 Å². The smallest absolute Gasteiger partial charge is 0.303 e. The van der Waals surface area contributed by atoms with E-state index in [0.29, 0.717) is 32.0 Å². The zero-order valence-electron chi connectivity index (χ0n) is 13.0. The van der Waals surface area contributed by atoms with Crippen molar-refractivity contribution in [1.82, 2.24) is 9.80 Å². The van der Waals surface area contributed by atoms with E-state index in [-0.39, 0.29) is 24.5 Å². The molecule has 6 heteroatoms. The molecule has 2 heterocycles. The number of hydrogen-bond donors (Lipinski definition) is 1. The highest BCUT2D eigenvalue weighted by Gasteiger charge is 2.29. The Bertz CT molecular complexity index is 378. The molecule has 6 nitrogen and oxygen atoms in total. The Morgan fingerprint density at radius 2 is 1.86 bits per heavy atom. The molecule has 2 rings (SSSR count). The van der Waals surface area contributed by atoms with Gasteiger partial charge in [0.2, 0.25) is 5.91 Å². The molecule has 0 radical (unpaired) electrons. The van der Waals surface area contributed by atoms with Gasteiger partial charge in [-0.3, -0.25) is 14.5 Å². The van der Waals surface area contributed by atoms with E-state index in [1.165, 1.54) is 0 Å². The zero-order chi connectivity index (χ0) is 15.4. The van der Waals surface area contributed by atoms with Crippen molar-refractivity contribution in [2.45, 2.75) is 45.3 Å². The van der Waals surface area contributed by atoms with E-state index in [4.69, 9.17) is 9.84 Å². The Morgan fingerprint density at radius 1 is 1.19 bits per heavy atom. The molecule has 2 aliphatic rings. The van der Waals surface area contributed by atoms with Gasteiger partial charge in [-0.25, -0.2) is 0 Å². The van der Waals surface area contributed by atoms with E-state index in [1.807, 2.05) is 18.7 Å². The number of carboxylic acid groups (broad SMARTS) is 1. The largest absolute Gasteiger partial charge is 0.481 e. The fraction of sp³-hybridized carbons (Fsp3) is 0.867. The molecular formula is C15H26N2O4. The number of rotatable bonds is 5. The van der Waals surface area contributed by atoms with Crippen molar-refractivity contribution in [1.29, 1.82) is 0 Å². The van der Waals surface area contributed by atoms with Crippen LogP contribution in [0.3, 0.4) is 0 Å². The Hall–Kier alpha value is -1.14. The first-order valence-corrected chi connectivity index (χ1v) is 7.81. The molecule has 3 atom stereocenters. The standard InChI is InChI=1S/C15H26N2O4/c1-11-7-17(8-12(2)21-11)14(18)10-16-6-5-13(9-16)3-4-15(19)20/h11-13H,3-10H2,1-2H3,(H,19,20). The molecule has 21 heavy (non-hydrogen) atoms. The number of carbonyl (C=O) groups excluding carboxylic acids is 1. The van der Waals surface area contributed by atoms with Crippen LogP contribution in [0.4, 0.5) is 0 Å². The molecule has 2 fully saturated rings. The normalized spacial score (nSPS) is 30.6. The lowest BCUT2D eigenvalue weighted by molar-refractivity contribution is -0.144. The lowest BCUT2D eigenvalue weighted by Gasteiger charge is -2.36. The SMILES string of the molecule is CC1CN(C(=O)CN2CCC(CCC(=O)O)C2)CC(C)O1. The lowest BCUT2D eigenvalue weighted by Crippen LogP contribution is -2.50. The van der Waals surface area contributed by atoms with Crippen molar-refractivity contribution < 1.29 is 19.4 Å². The van der Waals surface area contributed by atoms with Crippen LogP contribution in [0.1, 0.15) is 33.1 Å². The van der Waals surface area contributed by atoms with Gasteiger partial charge in [-0.1, -0.05) is 0 Å². The van der Waals surface area contributed by atoms with Crippen molar-refractivity contribution >= 4 is 11.9 Å². The van der Waals surface area contributed by atoms with Gasteiger partial charge < -0.3 is 14.7 Å². The Kier molecular flexibility index (Phi) is 5.58. The third-order valence-electron chi connectivity index (χ3n) is 4.27. The van der Waals surface area contributed by atoms with Crippen LogP contribution in [-0.4, -0.2) is 71.7 Å². The average Bonchev–Trinajstić information content (AvgIpc) is 2.83. The van der Waals surface area contributed by atoms with Crippen LogP contribution in [-0.2, 0) is 14.3 Å². The molecule has 0 aromatic rings. The van der Waals surface area contributed by atoms with Crippen LogP contribution < -0.4 is 0 Å².